The van der Waals surface area contributed by atoms with E-state index in [0.717, 1.165) is 6.42 Å². The minimum absolute atomic E-state index is 0.0503. The molecule has 90 valence electrons. The van der Waals surface area contributed by atoms with E-state index in [0.29, 0.717) is 19.6 Å². The van der Waals surface area contributed by atoms with Gasteiger partial charge in [-0.15, -0.1) is 0 Å². The van der Waals surface area contributed by atoms with Crippen molar-refractivity contribution in [3.8, 4) is 0 Å². The van der Waals surface area contributed by atoms with Crippen LogP contribution in [0, 0.1) is 5.92 Å². The van der Waals surface area contributed by atoms with E-state index in [2.05, 4.69) is 5.32 Å². The van der Waals surface area contributed by atoms with E-state index in [1.165, 1.54) is 0 Å². The summed E-state index contributed by atoms with van der Waals surface area (Å²) in [7, 11) is 1.64. The molecule has 0 aromatic rings. The number of rotatable bonds is 7. The predicted octanol–water partition coefficient (Wildman–Crippen LogP) is 0.903. The highest BCUT2D eigenvalue weighted by Crippen LogP contribution is 2.09. The fourth-order valence-electron chi connectivity index (χ4n) is 1.33. The smallest absolute Gasteiger partial charge is 0.220 e. The third kappa shape index (κ3) is 5.74. The first kappa shape index (κ1) is 14.4. The van der Waals surface area contributed by atoms with Crippen molar-refractivity contribution in [2.24, 2.45) is 11.7 Å². The van der Waals surface area contributed by atoms with Crippen molar-refractivity contribution < 1.29 is 9.53 Å². The zero-order valence-corrected chi connectivity index (χ0v) is 10.3. The Morgan fingerprint density at radius 3 is 2.60 bits per heavy atom. The van der Waals surface area contributed by atoms with Gasteiger partial charge in [-0.05, 0) is 19.3 Å². The van der Waals surface area contributed by atoms with Crippen LogP contribution in [0.1, 0.15) is 33.6 Å². The van der Waals surface area contributed by atoms with Crippen LogP contribution >= 0.6 is 0 Å². The first-order chi connectivity index (χ1) is 6.97. The van der Waals surface area contributed by atoms with Gasteiger partial charge < -0.3 is 15.8 Å². The number of amides is 1. The van der Waals surface area contributed by atoms with Gasteiger partial charge in [0.15, 0.2) is 0 Å². The van der Waals surface area contributed by atoms with Crippen LogP contribution < -0.4 is 11.1 Å². The summed E-state index contributed by atoms with van der Waals surface area (Å²) < 4.78 is 4.98. The number of nitrogens with one attached hydrogen (secondary N) is 1. The summed E-state index contributed by atoms with van der Waals surface area (Å²) >= 11 is 0. The van der Waals surface area contributed by atoms with Crippen molar-refractivity contribution in [1.29, 1.82) is 0 Å². The van der Waals surface area contributed by atoms with Crippen molar-refractivity contribution in [2.45, 2.75) is 39.2 Å². The maximum atomic E-state index is 11.6. The van der Waals surface area contributed by atoms with Gasteiger partial charge in [-0.3, -0.25) is 4.79 Å². The van der Waals surface area contributed by atoms with E-state index in [1.807, 2.05) is 20.8 Å². The largest absolute Gasteiger partial charge is 0.384 e. The topological polar surface area (TPSA) is 64.3 Å². The average Bonchev–Trinajstić information content (AvgIpc) is 2.17. The van der Waals surface area contributed by atoms with Crippen molar-refractivity contribution in [3.63, 3.8) is 0 Å². The summed E-state index contributed by atoms with van der Waals surface area (Å²) in [6, 6.07) is 0. The van der Waals surface area contributed by atoms with Gasteiger partial charge in [0.2, 0.25) is 5.91 Å². The molecule has 0 aliphatic rings. The SMILES string of the molecule is CCC(C)(CN)NC(=O)CC(C)COC. The Morgan fingerprint density at radius 1 is 1.60 bits per heavy atom. The summed E-state index contributed by atoms with van der Waals surface area (Å²) in [4.78, 5) is 11.6. The Kier molecular flexibility index (Phi) is 6.52. The van der Waals surface area contributed by atoms with E-state index in [1.54, 1.807) is 7.11 Å². The lowest BCUT2D eigenvalue weighted by atomic mass is 9.98. The van der Waals surface area contributed by atoms with Crippen LogP contribution in [0.5, 0.6) is 0 Å². The quantitative estimate of drug-likeness (QED) is 0.664. The number of hydrogen-bond acceptors (Lipinski definition) is 3. The summed E-state index contributed by atoms with van der Waals surface area (Å²) in [5.41, 5.74) is 5.34. The highest BCUT2D eigenvalue weighted by atomic mass is 16.5. The molecule has 0 heterocycles. The fraction of sp³-hybridized carbons (Fsp3) is 0.909. The van der Waals surface area contributed by atoms with Crippen molar-refractivity contribution in [1.82, 2.24) is 5.32 Å². The molecule has 3 N–H and O–H groups in total. The second-order valence-corrected chi connectivity index (χ2v) is 4.43. The maximum Gasteiger partial charge on any atom is 0.220 e. The first-order valence-electron chi connectivity index (χ1n) is 5.47. The molecule has 2 unspecified atom stereocenters. The summed E-state index contributed by atoms with van der Waals surface area (Å²) in [6.07, 6.45) is 1.33. The molecule has 0 aromatic carbocycles. The van der Waals surface area contributed by atoms with Crippen molar-refractivity contribution >= 4 is 5.91 Å². The molecule has 0 saturated heterocycles. The molecule has 0 rings (SSSR count). The summed E-state index contributed by atoms with van der Waals surface area (Å²) in [5, 5.41) is 2.96. The number of hydrogen-bond donors (Lipinski definition) is 2. The second-order valence-electron chi connectivity index (χ2n) is 4.43. The zero-order valence-electron chi connectivity index (χ0n) is 10.3. The normalized spacial score (nSPS) is 16.9. The van der Waals surface area contributed by atoms with Crippen LogP contribution in [0.2, 0.25) is 0 Å². The van der Waals surface area contributed by atoms with E-state index < -0.39 is 0 Å². The van der Waals surface area contributed by atoms with Crippen LogP contribution in [-0.2, 0) is 9.53 Å². The molecule has 4 heteroatoms. The highest BCUT2D eigenvalue weighted by Gasteiger charge is 2.22. The van der Waals surface area contributed by atoms with Crippen LogP contribution in [-0.4, -0.2) is 31.7 Å². The third-order valence-electron chi connectivity index (χ3n) is 2.66. The van der Waals surface area contributed by atoms with Crippen LogP contribution in [0.15, 0.2) is 0 Å². The van der Waals surface area contributed by atoms with Gasteiger partial charge >= 0.3 is 0 Å². The number of carbonyl (C=O) groups is 1. The maximum absolute atomic E-state index is 11.6. The predicted molar refractivity (Wildman–Crippen MR) is 61.6 cm³/mol. The van der Waals surface area contributed by atoms with Gasteiger partial charge in [0.25, 0.3) is 0 Å². The molecule has 0 spiro atoms. The minimum atomic E-state index is -0.274. The first-order valence-corrected chi connectivity index (χ1v) is 5.47. The Balaban J connectivity index is 4.02. The molecular weight excluding hydrogens is 192 g/mol. The molecule has 1 amide bonds. The number of carbonyl (C=O) groups excluding carboxylic acids is 1. The molecule has 0 bridgehead atoms. The standard InChI is InChI=1S/C11H24N2O2/c1-5-11(3,8-12)13-10(14)6-9(2)7-15-4/h9H,5-8,12H2,1-4H3,(H,13,14). The molecule has 2 atom stereocenters. The third-order valence-corrected chi connectivity index (χ3v) is 2.66. The lowest BCUT2D eigenvalue weighted by Gasteiger charge is -2.28. The molecule has 15 heavy (non-hydrogen) atoms. The van der Waals surface area contributed by atoms with E-state index in [9.17, 15) is 4.79 Å². The van der Waals surface area contributed by atoms with Crippen molar-refractivity contribution in [2.75, 3.05) is 20.3 Å². The molecule has 0 aromatic heterocycles. The average molecular weight is 216 g/mol. The summed E-state index contributed by atoms with van der Waals surface area (Å²) in [6.45, 7) is 7.05. The molecular formula is C11H24N2O2. The Bertz CT molecular complexity index is 191. The lowest BCUT2D eigenvalue weighted by Crippen LogP contribution is -2.51. The van der Waals surface area contributed by atoms with Gasteiger partial charge in [0.05, 0.1) is 0 Å². The molecule has 0 saturated carbocycles. The number of ether oxygens (including phenoxy) is 1. The van der Waals surface area contributed by atoms with Crippen LogP contribution in [0.25, 0.3) is 0 Å². The van der Waals surface area contributed by atoms with E-state index in [4.69, 9.17) is 10.5 Å². The van der Waals surface area contributed by atoms with E-state index >= 15 is 0 Å². The van der Waals surface area contributed by atoms with Crippen molar-refractivity contribution in [3.05, 3.63) is 0 Å². The molecule has 0 aliphatic heterocycles. The lowest BCUT2D eigenvalue weighted by molar-refractivity contribution is -0.124. The monoisotopic (exact) mass is 216 g/mol. The van der Waals surface area contributed by atoms with Gasteiger partial charge in [-0.1, -0.05) is 13.8 Å². The van der Waals surface area contributed by atoms with Crippen LogP contribution in [0.4, 0.5) is 0 Å². The van der Waals surface area contributed by atoms with Crippen LogP contribution in [0.3, 0.4) is 0 Å². The van der Waals surface area contributed by atoms with Gasteiger partial charge in [-0.25, -0.2) is 0 Å². The fourth-order valence-corrected chi connectivity index (χ4v) is 1.33. The molecule has 4 nitrogen and oxygen atoms in total. The van der Waals surface area contributed by atoms with Gasteiger partial charge in [-0.2, -0.15) is 0 Å². The zero-order chi connectivity index (χ0) is 11.9. The van der Waals surface area contributed by atoms with E-state index in [-0.39, 0.29) is 17.4 Å². The Morgan fingerprint density at radius 2 is 2.20 bits per heavy atom. The second kappa shape index (κ2) is 6.80. The molecule has 0 fully saturated rings. The highest BCUT2D eigenvalue weighted by molar-refractivity contribution is 5.77. The number of methoxy groups -OCH3 is 1. The summed E-state index contributed by atoms with van der Waals surface area (Å²) in [5.74, 6) is 0.295. The molecule has 0 aliphatic carbocycles. The number of nitrogens with two attached hydrogens (primary N) is 1. The Labute approximate surface area is 92.6 Å². The minimum Gasteiger partial charge on any atom is -0.384 e. The molecule has 0 radical (unpaired) electrons. The Hall–Kier alpha value is -0.610. The van der Waals surface area contributed by atoms with Gasteiger partial charge in [0, 0.05) is 32.2 Å². The van der Waals surface area contributed by atoms with Gasteiger partial charge in [0.1, 0.15) is 0 Å².